The maximum atomic E-state index is 12.8. The predicted octanol–water partition coefficient (Wildman–Crippen LogP) is 4.52. The minimum atomic E-state index is -0.120. The fourth-order valence-electron chi connectivity index (χ4n) is 4.85. The summed E-state index contributed by atoms with van der Waals surface area (Å²) in [7, 11) is 3.64. The summed E-state index contributed by atoms with van der Waals surface area (Å²) in [6, 6.07) is 11.2. The van der Waals surface area contributed by atoms with E-state index in [2.05, 4.69) is 48.5 Å². The molecule has 1 aromatic heterocycles. The number of benzene rings is 2. The van der Waals surface area contributed by atoms with Gasteiger partial charge in [0, 0.05) is 29.2 Å². The summed E-state index contributed by atoms with van der Waals surface area (Å²) in [6.07, 6.45) is 4.79. The molecule has 0 saturated carbocycles. The number of halogens is 1. The van der Waals surface area contributed by atoms with Crippen molar-refractivity contribution in [2.24, 2.45) is 0 Å². The van der Waals surface area contributed by atoms with E-state index in [1.165, 1.54) is 0 Å². The Labute approximate surface area is 230 Å². The highest BCUT2D eigenvalue weighted by Gasteiger charge is 2.23. The van der Waals surface area contributed by atoms with Crippen LogP contribution in [0.4, 0.5) is 11.6 Å². The highest BCUT2D eigenvalue weighted by Crippen LogP contribution is 2.31. The number of carbonyl (C=O) groups excluding carboxylic acids is 2. The largest absolute Gasteiger partial charge is 0.495 e. The number of Topliss-reactive ketones (excluding diaryl/α,β-unsaturated/α-hetero) is 1. The lowest BCUT2D eigenvalue weighted by Crippen LogP contribution is -2.43. The summed E-state index contributed by atoms with van der Waals surface area (Å²) in [5.74, 6) is 1.18. The van der Waals surface area contributed by atoms with Crippen molar-refractivity contribution in [2.75, 3.05) is 32.6 Å². The molecule has 38 heavy (non-hydrogen) atoms. The Kier molecular flexibility index (Phi) is 7.90. The molecule has 2 aliphatic rings. The normalized spacial score (nSPS) is 15.7. The number of piperidine rings is 1. The molecule has 2 heterocycles. The second-order valence-electron chi connectivity index (χ2n) is 9.60. The zero-order valence-corrected chi connectivity index (χ0v) is 23.0. The second-order valence-corrected chi connectivity index (χ2v) is 10.5. The highest BCUT2D eigenvalue weighted by atomic mass is 79.9. The molecule has 0 unspecified atom stereocenters. The Hall–Kier alpha value is -3.50. The molecule has 1 amide bonds. The standard InChI is InChI=1S/C28H30BrN5O4/c1-34-12-10-20(11-13-34)31-26(36)18-6-8-22(24(14-18)37-2)32-28-30-15-21(29)27(33-28)38-16-19-5-3-4-17-7-9-23(35)25(17)19/h3-6,8,14-15,20H,7,9-13,16H2,1-2H3,(H,31,36)(H,30,32,33). The zero-order chi connectivity index (χ0) is 26.6. The Bertz CT molecular complexity index is 1360. The van der Waals surface area contributed by atoms with Crippen LogP contribution in [-0.2, 0) is 13.0 Å². The molecule has 0 bridgehead atoms. The fraction of sp³-hybridized carbons (Fsp3) is 0.357. The number of aryl methyl sites for hydroxylation is 1. The second kappa shape index (κ2) is 11.5. The van der Waals surface area contributed by atoms with Crippen LogP contribution >= 0.6 is 15.9 Å². The number of rotatable bonds is 8. The SMILES string of the molecule is COc1cc(C(=O)NC2CCN(C)CC2)ccc1Nc1ncc(Br)c(OCc2cccc3c2C(=O)CC3)n1. The maximum absolute atomic E-state index is 12.8. The number of carbonyl (C=O) groups is 2. The number of ketones is 1. The first-order chi connectivity index (χ1) is 18.4. The van der Waals surface area contributed by atoms with Crippen LogP contribution in [0.15, 0.2) is 47.1 Å². The minimum Gasteiger partial charge on any atom is -0.495 e. The lowest BCUT2D eigenvalue weighted by atomic mass is 10.0. The number of anilines is 2. The van der Waals surface area contributed by atoms with Gasteiger partial charge in [-0.25, -0.2) is 4.98 Å². The van der Waals surface area contributed by atoms with E-state index in [0.717, 1.165) is 49.0 Å². The number of nitrogens with one attached hydrogen (secondary N) is 2. The van der Waals surface area contributed by atoms with Gasteiger partial charge in [0.2, 0.25) is 11.8 Å². The molecule has 0 atom stereocenters. The van der Waals surface area contributed by atoms with E-state index in [-0.39, 0.29) is 24.3 Å². The highest BCUT2D eigenvalue weighted by molar-refractivity contribution is 9.10. The van der Waals surface area contributed by atoms with E-state index in [4.69, 9.17) is 9.47 Å². The zero-order valence-electron chi connectivity index (χ0n) is 21.4. The lowest BCUT2D eigenvalue weighted by Gasteiger charge is -2.29. The van der Waals surface area contributed by atoms with Crippen LogP contribution in [0.5, 0.6) is 11.6 Å². The number of nitrogens with zero attached hydrogens (tertiary/aromatic N) is 3. The molecule has 1 saturated heterocycles. The van der Waals surface area contributed by atoms with E-state index in [0.29, 0.717) is 39.7 Å². The summed E-state index contributed by atoms with van der Waals surface area (Å²) < 4.78 is 12.1. The third-order valence-corrected chi connectivity index (χ3v) is 7.52. The summed E-state index contributed by atoms with van der Waals surface area (Å²) in [5, 5.41) is 6.28. The number of amides is 1. The average molecular weight is 580 g/mol. The van der Waals surface area contributed by atoms with Crippen LogP contribution < -0.4 is 20.1 Å². The molecule has 1 aliphatic carbocycles. The Morgan fingerprint density at radius 2 is 2.00 bits per heavy atom. The molecule has 0 radical (unpaired) electrons. The number of aromatic nitrogens is 2. The number of hydrogen-bond donors (Lipinski definition) is 2. The summed E-state index contributed by atoms with van der Waals surface area (Å²) >= 11 is 3.44. The topological polar surface area (TPSA) is 106 Å². The first kappa shape index (κ1) is 26.1. The first-order valence-electron chi connectivity index (χ1n) is 12.6. The van der Waals surface area contributed by atoms with Crippen LogP contribution in [0.3, 0.4) is 0 Å². The fourth-order valence-corrected chi connectivity index (χ4v) is 5.16. The van der Waals surface area contributed by atoms with Gasteiger partial charge in [-0.1, -0.05) is 18.2 Å². The van der Waals surface area contributed by atoms with E-state index in [1.807, 2.05) is 18.2 Å². The third kappa shape index (κ3) is 5.81. The number of hydrogen-bond acceptors (Lipinski definition) is 8. The van der Waals surface area contributed by atoms with Crippen LogP contribution in [0.1, 0.15) is 51.1 Å². The Morgan fingerprint density at radius 1 is 1.18 bits per heavy atom. The van der Waals surface area contributed by atoms with Gasteiger partial charge >= 0.3 is 0 Å². The smallest absolute Gasteiger partial charge is 0.251 e. The van der Waals surface area contributed by atoms with Crippen molar-refractivity contribution in [3.8, 4) is 11.6 Å². The molecular formula is C28H30BrN5O4. The molecule has 0 spiro atoms. The third-order valence-electron chi connectivity index (χ3n) is 6.98. The van der Waals surface area contributed by atoms with Crippen molar-refractivity contribution < 1.29 is 19.1 Å². The van der Waals surface area contributed by atoms with E-state index in [1.54, 1.807) is 31.5 Å². The van der Waals surface area contributed by atoms with E-state index in [9.17, 15) is 9.59 Å². The maximum Gasteiger partial charge on any atom is 0.251 e. The van der Waals surface area contributed by atoms with Gasteiger partial charge < -0.3 is 25.0 Å². The lowest BCUT2D eigenvalue weighted by molar-refractivity contribution is 0.0915. The molecule has 1 fully saturated rings. The number of ether oxygens (including phenoxy) is 2. The first-order valence-corrected chi connectivity index (χ1v) is 13.4. The molecule has 3 aromatic rings. The molecule has 5 rings (SSSR count). The molecule has 2 N–H and O–H groups in total. The number of likely N-dealkylation sites (tertiary alicyclic amines) is 1. The summed E-state index contributed by atoms with van der Waals surface area (Å²) in [4.78, 5) is 36.2. The van der Waals surface area contributed by atoms with Crippen molar-refractivity contribution in [2.45, 2.75) is 38.3 Å². The molecule has 2 aromatic carbocycles. The number of fused-ring (bicyclic) bond motifs is 1. The predicted molar refractivity (Wildman–Crippen MR) is 147 cm³/mol. The Balaban J connectivity index is 1.27. The van der Waals surface area contributed by atoms with Crippen LogP contribution in [0.25, 0.3) is 0 Å². The van der Waals surface area contributed by atoms with Gasteiger partial charge in [-0.3, -0.25) is 9.59 Å². The minimum absolute atomic E-state index is 0.120. The van der Waals surface area contributed by atoms with Crippen LogP contribution in [-0.4, -0.2) is 59.8 Å². The van der Waals surface area contributed by atoms with Gasteiger partial charge in [0.1, 0.15) is 12.4 Å². The van der Waals surface area contributed by atoms with Crippen molar-refractivity contribution in [1.82, 2.24) is 20.2 Å². The van der Waals surface area contributed by atoms with Crippen LogP contribution in [0.2, 0.25) is 0 Å². The number of methoxy groups -OCH3 is 1. The summed E-state index contributed by atoms with van der Waals surface area (Å²) in [6.45, 7) is 2.16. The molecule has 198 valence electrons. The van der Waals surface area contributed by atoms with Crippen molar-refractivity contribution in [1.29, 1.82) is 0 Å². The van der Waals surface area contributed by atoms with Gasteiger partial charge in [-0.05, 0) is 79.1 Å². The average Bonchev–Trinajstić information content (AvgIpc) is 3.31. The molecule has 9 nitrogen and oxygen atoms in total. The van der Waals surface area contributed by atoms with Gasteiger partial charge in [-0.2, -0.15) is 4.98 Å². The van der Waals surface area contributed by atoms with Crippen LogP contribution in [0, 0.1) is 0 Å². The van der Waals surface area contributed by atoms with E-state index >= 15 is 0 Å². The molecular weight excluding hydrogens is 550 g/mol. The molecule has 1 aliphatic heterocycles. The van der Waals surface area contributed by atoms with Gasteiger partial charge in [0.05, 0.1) is 23.5 Å². The van der Waals surface area contributed by atoms with Crippen molar-refractivity contribution in [3.05, 3.63) is 69.3 Å². The van der Waals surface area contributed by atoms with Crippen molar-refractivity contribution >= 4 is 39.3 Å². The van der Waals surface area contributed by atoms with Crippen molar-refractivity contribution in [3.63, 3.8) is 0 Å². The summed E-state index contributed by atoms with van der Waals surface area (Å²) in [5.41, 5.74) is 3.82. The quantitative estimate of drug-likeness (QED) is 0.401. The monoisotopic (exact) mass is 579 g/mol. The Morgan fingerprint density at radius 3 is 2.79 bits per heavy atom. The van der Waals surface area contributed by atoms with Gasteiger partial charge in [0.25, 0.3) is 5.91 Å². The van der Waals surface area contributed by atoms with E-state index < -0.39 is 0 Å². The molecule has 10 heteroatoms. The van der Waals surface area contributed by atoms with Gasteiger partial charge in [0.15, 0.2) is 5.78 Å². The van der Waals surface area contributed by atoms with Gasteiger partial charge in [-0.15, -0.1) is 0 Å².